The highest BCUT2D eigenvalue weighted by Gasteiger charge is 2.26. The van der Waals surface area contributed by atoms with Gasteiger partial charge < -0.3 is 9.30 Å². The molecule has 140 valence electrons. The molecule has 0 aliphatic heterocycles. The molecule has 1 aliphatic carbocycles. The predicted octanol–water partition coefficient (Wildman–Crippen LogP) is 4.89. The first-order valence-corrected chi connectivity index (χ1v) is 10.7. The molecular weight excluding hydrogens is 354 g/mol. The van der Waals surface area contributed by atoms with Crippen molar-refractivity contribution >= 4 is 23.3 Å². The van der Waals surface area contributed by atoms with Gasteiger partial charge in [0, 0.05) is 41.7 Å². The summed E-state index contributed by atoms with van der Waals surface area (Å²) in [6.45, 7) is 3.89. The van der Waals surface area contributed by atoms with E-state index in [2.05, 4.69) is 30.2 Å². The average molecular weight is 380 g/mol. The van der Waals surface area contributed by atoms with Gasteiger partial charge in [-0.3, -0.25) is 4.79 Å². The zero-order valence-corrected chi connectivity index (χ0v) is 16.5. The van der Waals surface area contributed by atoms with E-state index >= 15 is 0 Å². The lowest BCUT2D eigenvalue weighted by Gasteiger charge is -2.22. The third kappa shape index (κ3) is 4.53. The summed E-state index contributed by atoms with van der Waals surface area (Å²) < 4.78 is 2.04. The second-order valence-corrected chi connectivity index (χ2v) is 8.25. The van der Waals surface area contributed by atoms with Gasteiger partial charge >= 0.3 is 0 Å². The van der Waals surface area contributed by atoms with Gasteiger partial charge in [0.25, 0.3) is 5.91 Å². The fourth-order valence-corrected chi connectivity index (χ4v) is 4.03. The summed E-state index contributed by atoms with van der Waals surface area (Å²) in [7, 11) is 0. The van der Waals surface area contributed by atoms with Crippen molar-refractivity contribution in [1.82, 2.24) is 14.3 Å². The number of nitrogens with zero attached hydrogens (tertiary/aromatic N) is 3. The van der Waals surface area contributed by atoms with Gasteiger partial charge in [0.1, 0.15) is 5.65 Å². The van der Waals surface area contributed by atoms with Crippen LogP contribution in [0.5, 0.6) is 0 Å². The lowest BCUT2D eigenvalue weighted by Crippen LogP contribution is -2.33. The van der Waals surface area contributed by atoms with Gasteiger partial charge in [0.15, 0.2) is 0 Å². The van der Waals surface area contributed by atoms with Crippen molar-refractivity contribution in [2.45, 2.75) is 36.8 Å². The lowest BCUT2D eigenvalue weighted by atomic mass is 10.2. The number of pyridine rings is 1. The standard InChI is InChI=1S/C22H25N3OS/c1-2-12-25(14-17-6-7-17)22(26)18-8-10-20(11-9-18)27-16-19-15-24-13-4-3-5-21(24)23-19/h3-5,8-11,13,15,17H,2,6-7,12,14,16H2,1H3. The highest BCUT2D eigenvalue weighted by Crippen LogP contribution is 2.30. The molecule has 1 saturated carbocycles. The molecule has 1 fully saturated rings. The minimum absolute atomic E-state index is 0.167. The van der Waals surface area contributed by atoms with Crippen LogP contribution in [-0.2, 0) is 5.75 Å². The Kier molecular flexibility index (Phi) is 5.48. The number of hydrogen-bond acceptors (Lipinski definition) is 3. The molecule has 4 nitrogen and oxygen atoms in total. The van der Waals surface area contributed by atoms with E-state index < -0.39 is 0 Å². The Morgan fingerprint density at radius 3 is 2.74 bits per heavy atom. The molecule has 0 bridgehead atoms. The third-order valence-corrected chi connectivity index (χ3v) is 5.90. The number of rotatable bonds is 8. The van der Waals surface area contributed by atoms with E-state index in [0.29, 0.717) is 0 Å². The van der Waals surface area contributed by atoms with Crippen LogP contribution in [0, 0.1) is 5.92 Å². The molecule has 0 unspecified atom stereocenters. The van der Waals surface area contributed by atoms with Crippen LogP contribution in [0.2, 0.25) is 0 Å². The monoisotopic (exact) mass is 379 g/mol. The molecule has 1 amide bonds. The second-order valence-electron chi connectivity index (χ2n) is 7.21. The van der Waals surface area contributed by atoms with E-state index in [4.69, 9.17) is 0 Å². The van der Waals surface area contributed by atoms with Gasteiger partial charge in [-0.2, -0.15) is 0 Å². The van der Waals surface area contributed by atoms with Crippen molar-refractivity contribution < 1.29 is 4.79 Å². The summed E-state index contributed by atoms with van der Waals surface area (Å²) in [5.74, 6) is 1.71. The van der Waals surface area contributed by atoms with E-state index in [1.807, 2.05) is 45.8 Å². The van der Waals surface area contributed by atoms with Crippen LogP contribution in [-0.4, -0.2) is 33.3 Å². The van der Waals surface area contributed by atoms with E-state index in [-0.39, 0.29) is 5.91 Å². The molecule has 0 radical (unpaired) electrons. The highest BCUT2D eigenvalue weighted by molar-refractivity contribution is 7.98. The molecule has 5 heteroatoms. The number of aromatic nitrogens is 2. The SMILES string of the molecule is CCCN(CC1CC1)C(=O)c1ccc(SCc2cn3ccccc3n2)cc1. The van der Waals surface area contributed by atoms with Crippen LogP contribution in [0.1, 0.15) is 42.2 Å². The minimum atomic E-state index is 0.167. The van der Waals surface area contributed by atoms with Crippen LogP contribution < -0.4 is 0 Å². The molecule has 2 heterocycles. The van der Waals surface area contributed by atoms with Crippen molar-refractivity contribution in [3.63, 3.8) is 0 Å². The second kappa shape index (κ2) is 8.17. The highest BCUT2D eigenvalue weighted by atomic mass is 32.2. The van der Waals surface area contributed by atoms with Crippen molar-refractivity contribution in [3.05, 3.63) is 66.1 Å². The molecule has 0 atom stereocenters. The van der Waals surface area contributed by atoms with Gasteiger partial charge in [-0.1, -0.05) is 13.0 Å². The third-order valence-electron chi connectivity index (χ3n) is 4.86. The molecule has 0 saturated heterocycles. The summed E-state index contributed by atoms with van der Waals surface area (Å²) in [6.07, 6.45) is 7.63. The Hall–Kier alpha value is -2.27. The average Bonchev–Trinajstić information content (AvgIpc) is 3.41. The quantitative estimate of drug-likeness (QED) is 0.523. The van der Waals surface area contributed by atoms with Crippen molar-refractivity contribution in [3.8, 4) is 0 Å². The summed E-state index contributed by atoms with van der Waals surface area (Å²) in [5.41, 5.74) is 2.83. The number of fused-ring (bicyclic) bond motifs is 1. The van der Waals surface area contributed by atoms with Crippen LogP contribution in [0.3, 0.4) is 0 Å². The van der Waals surface area contributed by atoms with Crippen LogP contribution in [0.4, 0.5) is 0 Å². The van der Waals surface area contributed by atoms with Gasteiger partial charge in [0.2, 0.25) is 0 Å². The number of amides is 1. The topological polar surface area (TPSA) is 37.6 Å². The van der Waals surface area contributed by atoms with Crippen LogP contribution in [0.15, 0.2) is 59.8 Å². The molecule has 1 aliphatic rings. The fraction of sp³-hybridized carbons (Fsp3) is 0.364. The van der Waals surface area contributed by atoms with Crippen molar-refractivity contribution in [1.29, 1.82) is 0 Å². The number of thioether (sulfide) groups is 1. The maximum atomic E-state index is 12.8. The Balaban J connectivity index is 1.38. The van der Waals surface area contributed by atoms with E-state index in [1.165, 1.54) is 12.8 Å². The number of carbonyl (C=O) groups excluding carboxylic acids is 1. The largest absolute Gasteiger partial charge is 0.338 e. The van der Waals surface area contributed by atoms with E-state index in [0.717, 1.165) is 53.0 Å². The summed E-state index contributed by atoms with van der Waals surface area (Å²) in [4.78, 5) is 20.6. The van der Waals surface area contributed by atoms with Crippen LogP contribution >= 0.6 is 11.8 Å². The molecule has 0 N–H and O–H groups in total. The van der Waals surface area contributed by atoms with Gasteiger partial charge in [-0.25, -0.2) is 4.98 Å². The van der Waals surface area contributed by atoms with Gasteiger partial charge in [0.05, 0.1) is 5.69 Å². The molecule has 27 heavy (non-hydrogen) atoms. The Morgan fingerprint density at radius 1 is 1.22 bits per heavy atom. The lowest BCUT2D eigenvalue weighted by molar-refractivity contribution is 0.0747. The van der Waals surface area contributed by atoms with Crippen LogP contribution in [0.25, 0.3) is 5.65 Å². The Labute approximate surface area is 164 Å². The first-order valence-electron chi connectivity index (χ1n) is 9.67. The molecular formula is C22H25N3OS. The first kappa shape index (κ1) is 18.1. The molecule has 4 rings (SSSR count). The zero-order valence-electron chi connectivity index (χ0n) is 15.7. The van der Waals surface area contributed by atoms with E-state index in [1.54, 1.807) is 11.8 Å². The molecule has 2 aromatic heterocycles. The number of carbonyl (C=O) groups is 1. The minimum Gasteiger partial charge on any atom is -0.338 e. The Morgan fingerprint density at radius 2 is 2.04 bits per heavy atom. The fourth-order valence-electron chi connectivity index (χ4n) is 3.25. The molecule has 0 spiro atoms. The number of imidazole rings is 1. The van der Waals surface area contributed by atoms with Gasteiger partial charge in [-0.15, -0.1) is 11.8 Å². The van der Waals surface area contributed by atoms with Crippen molar-refractivity contribution in [2.75, 3.05) is 13.1 Å². The maximum Gasteiger partial charge on any atom is 0.253 e. The normalized spacial score (nSPS) is 13.8. The zero-order chi connectivity index (χ0) is 18.6. The maximum absolute atomic E-state index is 12.8. The van der Waals surface area contributed by atoms with E-state index in [9.17, 15) is 4.79 Å². The summed E-state index contributed by atoms with van der Waals surface area (Å²) >= 11 is 1.75. The molecule has 1 aromatic carbocycles. The Bertz CT molecular complexity index is 882. The van der Waals surface area contributed by atoms with Gasteiger partial charge in [-0.05, 0) is 61.6 Å². The summed E-state index contributed by atoms with van der Waals surface area (Å²) in [6, 6.07) is 14.0. The first-order chi connectivity index (χ1) is 13.2. The number of hydrogen-bond donors (Lipinski definition) is 0. The smallest absolute Gasteiger partial charge is 0.253 e. The summed E-state index contributed by atoms with van der Waals surface area (Å²) in [5, 5.41) is 0. The predicted molar refractivity (Wildman–Crippen MR) is 110 cm³/mol. The molecule has 3 aromatic rings. The van der Waals surface area contributed by atoms with Crippen molar-refractivity contribution in [2.24, 2.45) is 5.92 Å². The number of benzene rings is 1.